The number of amides is 3. The van der Waals surface area contributed by atoms with Gasteiger partial charge in [0.05, 0.1) is 18.7 Å². The average Bonchev–Trinajstić information content (AvgIpc) is 2.96. The van der Waals surface area contributed by atoms with Crippen LogP contribution < -0.4 is 31.5 Å². The Bertz CT molecular complexity index is 1600. The Balaban J connectivity index is 1.60. The van der Waals surface area contributed by atoms with E-state index in [1.165, 1.54) is 13.3 Å². The summed E-state index contributed by atoms with van der Waals surface area (Å²) in [5.74, 6) is -1.23. The maximum Gasteiger partial charge on any atom is 0.272 e. The third-order valence-corrected chi connectivity index (χ3v) is 5.52. The molecule has 3 amide bonds. The van der Waals surface area contributed by atoms with Gasteiger partial charge in [0.1, 0.15) is 5.69 Å². The lowest BCUT2D eigenvalue weighted by Crippen LogP contribution is -2.40. The fourth-order valence-electron chi connectivity index (χ4n) is 3.69. The molecule has 0 saturated heterocycles. The highest BCUT2D eigenvalue weighted by molar-refractivity contribution is 5.99. The molecule has 1 heterocycles. The van der Waals surface area contributed by atoms with Gasteiger partial charge in [0.25, 0.3) is 23.3 Å². The highest BCUT2D eigenvalue weighted by atomic mass is 16.5. The van der Waals surface area contributed by atoms with Gasteiger partial charge in [-0.2, -0.15) is 10.2 Å². The number of nitrogens with one attached hydrogen (secondary N) is 3. The van der Waals surface area contributed by atoms with Crippen molar-refractivity contribution in [1.29, 1.82) is 0 Å². The lowest BCUT2D eigenvalue weighted by atomic mass is 10.0. The van der Waals surface area contributed by atoms with Gasteiger partial charge in [-0.15, -0.1) is 0 Å². The summed E-state index contributed by atoms with van der Waals surface area (Å²) in [5, 5.41) is 13.8. The zero-order valence-corrected chi connectivity index (χ0v) is 20.7. The van der Waals surface area contributed by atoms with E-state index in [9.17, 15) is 19.2 Å². The maximum absolute atomic E-state index is 13.3. The van der Waals surface area contributed by atoms with E-state index in [0.29, 0.717) is 33.4 Å². The molecule has 4 aromatic rings. The van der Waals surface area contributed by atoms with Crippen LogP contribution >= 0.6 is 0 Å². The van der Waals surface area contributed by atoms with E-state index in [-0.39, 0.29) is 12.3 Å². The van der Waals surface area contributed by atoms with Crippen molar-refractivity contribution in [1.82, 2.24) is 20.9 Å². The van der Waals surface area contributed by atoms with Crippen molar-refractivity contribution in [3.05, 3.63) is 100.0 Å². The first-order chi connectivity index (χ1) is 18.9. The summed E-state index contributed by atoms with van der Waals surface area (Å²) in [4.78, 5) is 49.5. The summed E-state index contributed by atoms with van der Waals surface area (Å²) in [7, 11) is 1.43. The summed E-state index contributed by atoms with van der Waals surface area (Å²) in [6, 6.07) is 18.4. The number of hydrazone groups is 1. The van der Waals surface area contributed by atoms with Crippen molar-refractivity contribution in [2.24, 2.45) is 10.8 Å². The molecule has 12 nitrogen and oxygen atoms in total. The van der Waals surface area contributed by atoms with Crippen LogP contribution in [0.3, 0.4) is 0 Å². The molecule has 0 bridgehead atoms. The normalized spacial score (nSPS) is 11.6. The van der Waals surface area contributed by atoms with E-state index < -0.39 is 29.3 Å². The number of hydrogen-bond acceptors (Lipinski definition) is 8. The average molecular weight is 529 g/mol. The number of fused-ring (bicyclic) bond motifs is 1. The number of benzene rings is 3. The van der Waals surface area contributed by atoms with E-state index in [4.69, 9.17) is 15.2 Å². The van der Waals surface area contributed by atoms with Crippen molar-refractivity contribution in [2.45, 2.75) is 6.04 Å². The zero-order chi connectivity index (χ0) is 27.8. The summed E-state index contributed by atoms with van der Waals surface area (Å²) >= 11 is 0. The Labute approximate surface area is 221 Å². The molecule has 198 valence electrons. The van der Waals surface area contributed by atoms with E-state index in [1.807, 2.05) is 0 Å². The molecule has 1 aromatic heterocycles. The molecule has 5 N–H and O–H groups in total. The Morgan fingerprint density at radius 2 is 1.74 bits per heavy atom. The molecule has 0 spiro atoms. The molecule has 39 heavy (non-hydrogen) atoms. The summed E-state index contributed by atoms with van der Waals surface area (Å²) in [6.07, 6.45) is 1.35. The molecule has 0 fully saturated rings. The number of aromatic nitrogens is 2. The molecular weight excluding hydrogens is 504 g/mol. The number of hydrogen-bond donors (Lipinski definition) is 4. The molecule has 4 rings (SSSR count). The van der Waals surface area contributed by atoms with E-state index in [0.717, 1.165) is 0 Å². The smallest absolute Gasteiger partial charge is 0.272 e. The van der Waals surface area contributed by atoms with Crippen molar-refractivity contribution in [3.8, 4) is 11.5 Å². The van der Waals surface area contributed by atoms with Crippen LogP contribution in [0.5, 0.6) is 11.5 Å². The predicted octanol–water partition coefficient (Wildman–Crippen LogP) is 1.42. The van der Waals surface area contributed by atoms with Crippen molar-refractivity contribution in [3.63, 3.8) is 0 Å². The fourth-order valence-corrected chi connectivity index (χ4v) is 3.69. The van der Waals surface area contributed by atoms with Gasteiger partial charge >= 0.3 is 0 Å². The number of nitrogens with two attached hydrogens (primary N) is 1. The minimum Gasteiger partial charge on any atom is -0.493 e. The first kappa shape index (κ1) is 26.5. The van der Waals surface area contributed by atoms with Crippen LogP contribution in [0.4, 0.5) is 0 Å². The van der Waals surface area contributed by atoms with Crippen LogP contribution in [0.25, 0.3) is 10.8 Å². The van der Waals surface area contributed by atoms with Crippen LogP contribution in [0.1, 0.15) is 27.7 Å². The largest absolute Gasteiger partial charge is 0.493 e. The second-order valence-electron chi connectivity index (χ2n) is 8.16. The van der Waals surface area contributed by atoms with E-state index >= 15 is 0 Å². The lowest BCUT2D eigenvalue weighted by molar-refractivity contribution is -0.123. The minimum atomic E-state index is -1.30. The number of ether oxygens (including phenoxy) is 2. The molecular formula is C27H24N6O6. The van der Waals surface area contributed by atoms with Gasteiger partial charge in [-0.25, -0.2) is 10.5 Å². The third kappa shape index (κ3) is 6.43. The number of rotatable bonds is 10. The summed E-state index contributed by atoms with van der Waals surface area (Å²) in [6.45, 7) is -0.316. The maximum atomic E-state index is 13.3. The molecule has 3 aromatic carbocycles. The van der Waals surface area contributed by atoms with Gasteiger partial charge in [0, 0.05) is 10.9 Å². The molecule has 0 radical (unpaired) electrons. The van der Waals surface area contributed by atoms with Gasteiger partial charge in [-0.05, 0) is 42.0 Å². The number of aromatic amines is 1. The number of H-pyrrole nitrogens is 1. The van der Waals surface area contributed by atoms with Crippen molar-refractivity contribution in [2.75, 3.05) is 13.7 Å². The Kier molecular flexibility index (Phi) is 8.27. The summed E-state index contributed by atoms with van der Waals surface area (Å²) in [5.41, 5.74) is 8.09. The SMILES string of the molecule is COc1cc(C=NNC(=O)[C@H](NC(=O)c2ccccc2)c2n[nH]c(=O)c3ccccc23)ccc1OCC(N)=O. The minimum absolute atomic E-state index is 0.139. The third-order valence-electron chi connectivity index (χ3n) is 5.52. The molecule has 0 saturated carbocycles. The topological polar surface area (TPSA) is 178 Å². The van der Waals surface area contributed by atoms with Gasteiger partial charge < -0.3 is 20.5 Å². The van der Waals surface area contributed by atoms with Gasteiger partial charge in [0.2, 0.25) is 0 Å². The number of nitrogens with zero attached hydrogens (tertiary/aromatic N) is 2. The van der Waals surface area contributed by atoms with Gasteiger partial charge in [0.15, 0.2) is 24.1 Å². The Morgan fingerprint density at radius 1 is 1.03 bits per heavy atom. The lowest BCUT2D eigenvalue weighted by Gasteiger charge is -2.18. The first-order valence-corrected chi connectivity index (χ1v) is 11.6. The van der Waals surface area contributed by atoms with Gasteiger partial charge in [-0.1, -0.05) is 36.4 Å². The second kappa shape index (κ2) is 12.1. The molecule has 0 aliphatic rings. The first-order valence-electron chi connectivity index (χ1n) is 11.6. The summed E-state index contributed by atoms with van der Waals surface area (Å²) < 4.78 is 10.6. The number of primary amides is 1. The van der Waals surface area contributed by atoms with Crippen molar-refractivity contribution < 1.29 is 23.9 Å². The fraction of sp³-hybridized carbons (Fsp3) is 0.111. The highest BCUT2D eigenvalue weighted by Crippen LogP contribution is 2.27. The number of carbonyl (C=O) groups is 3. The van der Waals surface area contributed by atoms with Crippen LogP contribution in [0.2, 0.25) is 0 Å². The zero-order valence-electron chi connectivity index (χ0n) is 20.7. The number of methoxy groups -OCH3 is 1. The molecule has 0 aliphatic heterocycles. The van der Waals surface area contributed by atoms with E-state index in [1.54, 1.807) is 72.8 Å². The van der Waals surface area contributed by atoms with Gasteiger partial charge in [-0.3, -0.25) is 19.2 Å². The highest BCUT2D eigenvalue weighted by Gasteiger charge is 2.27. The standard InChI is InChI=1S/C27H24N6O6/c1-38-21-13-16(11-12-20(21)39-15-22(28)34)14-29-32-27(37)24(30-25(35)17-7-3-2-4-8-17)23-18-9-5-6-10-19(18)26(36)33-31-23/h2-14,24H,15H2,1H3,(H2,28,34)(H,30,35)(H,32,37)(H,33,36)/t24-/m1/s1. The monoisotopic (exact) mass is 528 g/mol. The van der Waals surface area contributed by atoms with Crippen molar-refractivity contribution >= 4 is 34.7 Å². The van der Waals surface area contributed by atoms with Crippen LogP contribution in [0, 0.1) is 0 Å². The molecule has 1 atom stereocenters. The van der Waals surface area contributed by atoms with Crippen LogP contribution in [-0.2, 0) is 9.59 Å². The van der Waals surface area contributed by atoms with Crippen LogP contribution in [-0.4, -0.2) is 47.9 Å². The van der Waals surface area contributed by atoms with Crippen LogP contribution in [0.15, 0.2) is 82.7 Å². The quantitative estimate of drug-likeness (QED) is 0.178. The Hall–Kier alpha value is -5.52. The molecule has 12 heteroatoms. The number of carbonyl (C=O) groups excluding carboxylic acids is 3. The molecule has 0 unspecified atom stereocenters. The second-order valence-corrected chi connectivity index (χ2v) is 8.16. The predicted molar refractivity (Wildman–Crippen MR) is 142 cm³/mol. The van der Waals surface area contributed by atoms with E-state index in [2.05, 4.69) is 26.0 Å². The Morgan fingerprint density at radius 3 is 2.46 bits per heavy atom. The molecule has 0 aliphatic carbocycles.